The molecule has 0 saturated carbocycles. The van der Waals surface area contributed by atoms with E-state index >= 15 is 0 Å². The quantitative estimate of drug-likeness (QED) is 0.290. The van der Waals surface area contributed by atoms with E-state index in [4.69, 9.17) is 0 Å². The van der Waals surface area contributed by atoms with Gasteiger partial charge in [0, 0.05) is 41.5 Å². The van der Waals surface area contributed by atoms with E-state index in [2.05, 4.69) is 25.9 Å². The van der Waals surface area contributed by atoms with Crippen LogP contribution in [0.1, 0.15) is 5.69 Å². The molecule has 0 saturated heterocycles. The lowest BCUT2D eigenvalue weighted by atomic mass is 10.1. The summed E-state index contributed by atoms with van der Waals surface area (Å²) in [6, 6.07) is 21.1. The van der Waals surface area contributed by atoms with Crippen molar-refractivity contribution < 1.29 is 18.0 Å². The summed E-state index contributed by atoms with van der Waals surface area (Å²) in [7, 11) is -3.41. The van der Waals surface area contributed by atoms with Gasteiger partial charge in [-0.05, 0) is 35.9 Å². The van der Waals surface area contributed by atoms with Gasteiger partial charge in [-0.2, -0.15) is 0 Å². The summed E-state index contributed by atoms with van der Waals surface area (Å²) in [6.07, 6.45) is 4.46. The third kappa shape index (κ3) is 6.36. The average molecular weight is 504 g/mol. The topological polar surface area (TPSA) is 133 Å². The Kier molecular flexibility index (Phi) is 7.45. The Morgan fingerprint density at radius 1 is 0.889 bits per heavy atom. The van der Waals surface area contributed by atoms with Gasteiger partial charge in [0.25, 0.3) is 0 Å². The van der Waals surface area contributed by atoms with Gasteiger partial charge in [0.2, 0.25) is 5.91 Å². The van der Waals surface area contributed by atoms with E-state index in [1.54, 1.807) is 79.0 Å². The number of sulfone groups is 1. The molecule has 0 aliphatic rings. The monoisotopic (exact) mass is 503 g/mol. The van der Waals surface area contributed by atoms with Crippen molar-refractivity contribution in [2.75, 3.05) is 16.9 Å². The largest absolute Gasteiger partial charge is 0.348 e. The summed E-state index contributed by atoms with van der Waals surface area (Å²) in [5.74, 6) is -0.419. The van der Waals surface area contributed by atoms with E-state index in [-0.39, 0.29) is 11.3 Å². The molecule has 1 atom stereocenters. The maximum atomic E-state index is 13.1. The number of H-pyrrole nitrogens is 1. The summed E-state index contributed by atoms with van der Waals surface area (Å²) in [4.78, 5) is 32.8. The molecule has 1 aromatic heterocycles. The fraction of sp³-hybridized carbons (Fsp3) is 0.115. The molecule has 1 unspecified atom stereocenters. The fourth-order valence-electron chi connectivity index (χ4n) is 3.66. The van der Waals surface area contributed by atoms with Crippen LogP contribution in [0, 0.1) is 0 Å². The molecule has 4 rings (SSSR count). The van der Waals surface area contributed by atoms with Crippen molar-refractivity contribution in [2.24, 2.45) is 0 Å². The number of para-hydroxylation sites is 1. The van der Waals surface area contributed by atoms with Crippen LogP contribution in [0.2, 0.25) is 0 Å². The second kappa shape index (κ2) is 10.9. The Bertz CT molecular complexity index is 1440. The second-order valence-electron chi connectivity index (χ2n) is 8.13. The molecule has 0 aliphatic carbocycles. The number of carbonyl (C=O) groups excluding carboxylic acids is 2. The van der Waals surface area contributed by atoms with Crippen LogP contribution < -0.4 is 16.0 Å². The highest BCUT2D eigenvalue weighted by atomic mass is 32.2. The Balaban J connectivity index is 1.49. The number of aromatic nitrogens is 2. The normalized spacial score (nSPS) is 11.9. The minimum atomic E-state index is -3.41. The first kappa shape index (κ1) is 24.7. The predicted octanol–water partition coefficient (Wildman–Crippen LogP) is 3.85. The zero-order valence-corrected chi connectivity index (χ0v) is 20.2. The molecule has 3 aromatic carbocycles. The third-order valence-corrected chi connectivity index (χ3v) is 6.54. The highest BCUT2D eigenvalue weighted by Crippen LogP contribution is 2.28. The van der Waals surface area contributed by atoms with Gasteiger partial charge >= 0.3 is 6.03 Å². The molecule has 4 aromatic rings. The maximum Gasteiger partial charge on any atom is 0.319 e. The zero-order chi connectivity index (χ0) is 25.5. The van der Waals surface area contributed by atoms with E-state index in [0.29, 0.717) is 28.2 Å². The number of urea groups is 1. The van der Waals surface area contributed by atoms with Crippen molar-refractivity contribution in [1.82, 2.24) is 15.3 Å². The van der Waals surface area contributed by atoms with Crippen LogP contribution in [-0.4, -0.2) is 42.6 Å². The number of nitrogens with zero attached hydrogens (tertiary/aromatic N) is 1. The highest BCUT2D eigenvalue weighted by molar-refractivity contribution is 7.90. The number of aromatic amines is 1. The highest BCUT2D eigenvalue weighted by Gasteiger charge is 2.22. The molecule has 1 heterocycles. The fourth-order valence-corrected chi connectivity index (χ4v) is 4.57. The lowest BCUT2D eigenvalue weighted by molar-refractivity contribution is -0.117. The van der Waals surface area contributed by atoms with Crippen molar-refractivity contribution >= 4 is 33.2 Å². The van der Waals surface area contributed by atoms with Crippen molar-refractivity contribution in [3.05, 3.63) is 97.1 Å². The number of nitrogens with one attached hydrogen (secondary N) is 4. The van der Waals surface area contributed by atoms with E-state index in [1.807, 2.05) is 6.07 Å². The number of rotatable bonds is 8. The lowest BCUT2D eigenvalue weighted by Gasteiger charge is -2.18. The number of benzene rings is 3. The van der Waals surface area contributed by atoms with Crippen LogP contribution in [-0.2, 0) is 21.1 Å². The molecule has 0 bridgehead atoms. The van der Waals surface area contributed by atoms with Gasteiger partial charge in [0.1, 0.15) is 6.04 Å². The van der Waals surface area contributed by atoms with Gasteiger partial charge in [0.05, 0.1) is 11.2 Å². The summed E-state index contributed by atoms with van der Waals surface area (Å²) < 4.78 is 24.3. The minimum absolute atomic E-state index is 0.202. The van der Waals surface area contributed by atoms with Gasteiger partial charge in [-0.3, -0.25) is 4.79 Å². The lowest BCUT2D eigenvalue weighted by Crippen LogP contribution is -2.47. The number of amides is 3. The molecule has 9 nitrogen and oxygen atoms in total. The van der Waals surface area contributed by atoms with E-state index in [0.717, 1.165) is 0 Å². The maximum absolute atomic E-state index is 13.1. The van der Waals surface area contributed by atoms with E-state index in [1.165, 1.54) is 12.6 Å². The Morgan fingerprint density at radius 3 is 2.22 bits per heavy atom. The minimum Gasteiger partial charge on any atom is -0.348 e. The van der Waals surface area contributed by atoms with Crippen LogP contribution in [0.3, 0.4) is 0 Å². The first-order chi connectivity index (χ1) is 17.3. The van der Waals surface area contributed by atoms with Crippen molar-refractivity contribution in [3.63, 3.8) is 0 Å². The number of carbonyl (C=O) groups is 2. The van der Waals surface area contributed by atoms with Crippen molar-refractivity contribution in [3.8, 4) is 11.1 Å². The molecule has 0 spiro atoms. The molecular weight excluding hydrogens is 478 g/mol. The zero-order valence-electron chi connectivity index (χ0n) is 19.4. The number of anilines is 2. The van der Waals surface area contributed by atoms with Crippen LogP contribution in [0.15, 0.2) is 96.3 Å². The SMILES string of the molecule is CS(=O)(=O)c1ccccc1-c1ccc(NC(=O)C(Cc2cnc[nH]2)NC(=O)Nc2ccccc2)cc1. The number of imidazole rings is 1. The van der Waals surface area contributed by atoms with Crippen LogP contribution in [0.25, 0.3) is 11.1 Å². The Hall–Kier alpha value is -4.44. The summed E-state index contributed by atoms with van der Waals surface area (Å²) in [5.41, 5.74) is 3.06. The first-order valence-electron chi connectivity index (χ1n) is 11.1. The number of hydrogen-bond donors (Lipinski definition) is 4. The molecular formula is C26H25N5O4S. The second-order valence-corrected chi connectivity index (χ2v) is 10.1. The average Bonchev–Trinajstić information content (AvgIpc) is 3.37. The van der Waals surface area contributed by atoms with Gasteiger partial charge in [0.15, 0.2) is 9.84 Å². The molecule has 0 aliphatic heterocycles. The van der Waals surface area contributed by atoms with E-state index in [9.17, 15) is 18.0 Å². The Morgan fingerprint density at radius 2 is 1.56 bits per heavy atom. The van der Waals surface area contributed by atoms with E-state index < -0.39 is 27.8 Å². The Labute approximate surface area is 208 Å². The van der Waals surface area contributed by atoms with Crippen LogP contribution >= 0.6 is 0 Å². The first-order valence-corrected chi connectivity index (χ1v) is 13.0. The third-order valence-electron chi connectivity index (χ3n) is 5.38. The van der Waals surface area contributed by atoms with Crippen LogP contribution in [0.4, 0.5) is 16.2 Å². The van der Waals surface area contributed by atoms with Gasteiger partial charge in [-0.25, -0.2) is 18.2 Å². The summed E-state index contributed by atoms with van der Waals surface area (Å²) in [6.45, 7) is 0. The molecule has 36 heavy (non-hydrogen) atoms. The summed E-state index contributed by atoms with van der Waals surface area (Å²) >= 11 is 0. The standard InChI is InChI=1S/C26H25N5O4S/c1-36(34,35)24-10-6-5-9-22(24)18-11-13-20(14-12-18)29-25(32)23(15-21-16-27-17-28-21)31-26(33)30-19-7-3-2-4-8-19/h2-14,16-17,23H,15H2,1H3,(H,27,28)(H,29,32)(H2,30,31,33). The molecule has 10 heteroatoms. The van der Waals surface area contributed by atoms with Crippen LogP contribution in [0.5, 0.6) is 0 Å². The smallest absolute Gasteiger partial charge is 0.319 e. The van der Waals surface area contributed by atoms with Crippen molar-refractivity contribution in [1.29, 1.82) is 0 Å². The molecule has 4 N–H and O–H groups in total. The van der Waals surface area contributed by atoms with Gasteiger partial charge in [-0.1, -0.05) is 48.5 Å². The number of hydrogen-bond acceptors (Lipinski definition) is 5. The summed E-state index contributed by atoms with van der Waals surface area (Å²) in [5, 5.41) is 8.23. The van der Waals surface area contributed by atoms with Gasteiger partial charge in [-0.15, -0.1) is 0 Å². The molecule has 0 radical (unpaired) electrons. The molecule has 0 fully saturated rings. The van der Waals surface area contributed by atoms with Crippen molar-refractivity contribution in [2.45, 2.75) is 17.4 Å². The molecule has 3 amide bonds. The predicted molar refractivity (Wildman–Crippen MR) is 138 cm³/mol. The van der Waals surface area contributed by atoms with Gasteiger partial charge < -0.3 is 20.9 Å². The molecule has 184 valence electrons.